The Morgan fingerprint density at radius 2 is 1.77 bits per heavy atom. The number of Topliss-reactive ketones (excluding diaryl/α,β-unsaturated/α-hetero) is 1. The molecular formula is C30H48O5. The molecule has 4 saturated carbocycles. The largest absolute Gasteiger partial charge is 0.396 e. The van der Waals surface area contributed by atoms with Crippen molar-refractivity contribution in [1.29, 1.82) is 0 Å². The summed E-state index contributed by atoms with van der Waals surface area (Å²) in [6.45, 7) is 13.8. The quantitative estimate of drug-likeness (QED) is 0.576. The summed E-state index contributed by atoms with van der Waals surface area (Å²) < 4.78 is 19.3. The first-order valence-corrected chi connectivity index (χ1v) is 14.6. The fourth-order valence-electron chi connectivity index (χ4n) is 10.6. The molecule has 2 heterocycles. The van der Waals surface area contributed by atoms with Crippen LogP contribution in [0.15, 0.2) is 0 Å². The molecule has 0 spiro atoms. The van der Waals surface area contributed by atoms with E-state index < -0.39 is 5.79 Å². The van der Waals surface area contributed by atoms with Gasteiger partial charge in [0, 0.05) is 18.9 Å². The average molecular weight is 489 g/mol. The molecule has 35 heavy (non-hydrogen) atoms. The highest BCUT2D eigenvalue weighted by molar-refractivity contribution is 5.83. The third-order valence-electron chi connectivity index (χ3n) is 12.1. The van der Waals surface area contributed by atoms with Crippen LogP contribution in [0.4, 0.5) is 0 Å². The highest BCUT2D eigenvalue weighted by Gasteiger charge is 2.68. The van der Waals surface area contributed by atoms with Crippen LogP contribution in [0.5, 0.6) is 0 Å². The van der Waals surface area contributed by atoms with Crippen LogP contribution in [0.3, 0.4) is 0 Å². The lowest BCUT2D eigenvalue weighted by molar-refractivity contribution is -0.164. The van der Waals surface area contributed by atoms with Crippen LogP contribution < -0.4 is 0 Å². The molecule has 198 valence electrons. The zero-order chi connectivity index (χ0) is 24.9. The second kappa shape index (κ2) is 8.25. The zero-order valence-corrected chi connectivity index (χ0v) is 22.8. The van der Waals surface area contributed by atoms with Crippen LogP contribution >= 0.6 is 0 Å². The molecule has 6 rings (SSSR count). The molecule has 2 saturated heterocycles. The SMILES string of the molecule is CC1C2C(C[C@H]3[C@@H]4CC(=O)C5C[C@@H]6OC(C)(C)O[C@@H]6C[C@]5(C)[C@H]4CC[C@]23C)O[C@@H]1CC[C@@H](C)CO. The minimum atomic E-state index is -0.533. The predicted octanol–water partition coefficient (Wildman–Crippen LogP) is 5.38. The monoisotopic (exact) mass is 488 g/mol. The first-order valence-electron chi connectivity index (χ1n) is 14.6. The number of ketones is 1. The predicted molar refractivity (Wildman–Crippen MR) is 134 cm³/mol. The minimum Gasteiger partial charge on any atom is -0.396 e. The van der Waals surface area contributed by atoms with Gasteiger partial charge in [-0.15, -0.1) is 0 Å². The highest BCUT2D eigenvalue weighted by atomic mass is 16.7. The van der Waals surface area contributed by atoms with E-state index in [1.165, 1.54) is 12.8 Å². The van der Waals surface area contributed by atoms with Crippen molar-refractivity contribution in [3.63, 3.8) is 0 Å². The molecule has 6 fully saturated rings. The van der Waals surface area contributed by atoms with E-state index in [2.05, 4.69) is 27.7 Å². The Kier molecular flexibility index (Phi) is 5.85. The second-order valence-corrected chi connectivity index (χ2v) is 14.5. The smallest absolute Gasteiger partial charge is 0.163 e. The molecule has 0 aromatic rings. The number of fused-ring (bicyclic) bond motifs is 8. The van der Waals surface area contributed by atoms with Crippen molar-refractivity contribution in [2.45, 2.75) is 123 Å². The van der Waals surface area contributed by atoms with Crippen molar-refractivity contribution < 1.29 is 24.1 Å². The minimum absolute atomic E-state index is 0.0272. The fourth-order valence-corrected chi connectivity index (χ4v) is 10.6. The third kappa shape index (κ3) is 3.65. The van der Waals surface area contributed by atoms with E-state index in [-0.39, 0.29) is 35.6 Å². The van der Waals surface area contributed by atoms with Crippen LogP contribution in [0, 0.1) is 52.3 Å². The Morgan fingerprint density at radius 3 is 2.51 bits per heavy atom. The Labute approximate surface area is 212 Å². The highest BCUT2D eigenvalue weighted by Crippen LogP contribution is 2.70. The summed E-state index contributed by atoms with van der Waals surface area (Å²) in [5.41, 5.74) is 0.303. The maximum absolute atomic E-state index is 13.7. The number of hydrogen-bond acceptors (Lipinski definition) is 5. The number of carbonyl (C=O) groups is 1. The van der Waals surface area contributed by atoms with Gasteiger partial charge in [0.15, 0.2) is 5.79 Å². The van der Waals surface area contributed by atoms with Gasteiger partial charge in [0.25, 0.3) is 0 Å². The molecule has 0 bridgehead atoms. The molecule has 1 N–H and O–H groups in total. The van der Waals surface area contributed by atoms with Gasteiger partial charge in [-0.2, -0.15) is 0 Å². The van der Waals surface area contributed by atoms with Gasteiger partial charge in [0.05, 0.1) is 24.4 Å². The molecule has 0 aromatic heterocycles. The van der Waals surface area contributed by atoms with Crippen LogP contribution in [0.2, 0.25) is 0 Å². The number of carbonyl (C=O) groups excluding carboxylic acids is 1. The fraction of sp³-hybridized carbons (Fsp3) is 0.967. The van der Waals surface area contributed by atoms with Crippen LogP contribution in [0.25, 0.3) is 0 Å². The van der Waals surface area contributed by atoms with Gasteiger partial charge in [-0.1, -0.05) is 27.7 Å². The molecule has 6 aliphatic rings. The molecule has 4 unspecified atom stereocenters. The zero-order valence-electron chi connectivity index (χ0n) is 22.8. The van der Waals surface area contributed by atoms with Crippen molar-refractivity contribution in [2.24, 2.45) is 52.3 Å². The second-order valence-electron chi connectivity index (χ2n) is 14.5. The van der Waals surface area contributed by atoms with Crippen LogP contribution in [-0.2, 0) is 19.0 Å². The van der Waals surface area contributed by atoms with Gasteiger partial charge in [-0.25, -0.2) is 0 Å². The molecule has 4 aliphatic carbocycles. The standard InChI is InChI=1S/C30H48O5/c1-16(15-31)7-8-23-17(2)27-25(33-23)12-20-18-11-22(32)21-13-24-26(35-28(3,4)34-24)14-30(21,6)19(18)9-10-29(20,27)5/h16-21,23-27,31H,7-15H2,1-6H3/t16-,17?,18-,19+,20+,21?,23-,24+,25?,26-,27?,29+,30-/m1/s1. The van der Waals surface area contributed by atoms with E-state index >= 15 is 0 Å². The Morgan fingerprint density at radius 1 is 1.03 bits per heavy atom. The van der Waals surface area contributed by atoms with E-state index in [0.717, 1.165) is 38.5 Å². The van der Waals surface area contributed by atoms with Gasteiger partial charge in [0.1, 0.15) is 5.78 Å². The Balaban J connectivity index is 1.22. The molecule has 5 nitrogen and oxygen atoms in total. The number of rotatable bonds is 4. The lowest BCUT2D eigenvalue weighted by Gasteiger charge is -2.60. The first-order chi connectivity index (χ1) is 16.5. The number of aliphatic hydroxyl groups is 1. The Bertz CT molecular complexity index is 856. The van der Waals surface area contributed by atoms with Crippen molar-refractivity contribution in [3.05, 3.63) is 0 Å². The maximum atomic E-state index is 13.7. The molecule has 0 radical (unpaired) electrons. The number of aliphatic hydroxyl groups excluding tert-OH is 1. The summed E-state index contributed by atoms with van der Waals surface area (Å²) in [7, 11) is 0. The topological polar surface area (TPSA) is 65.0 Å². The number of ether oxygens (including phenoxy) is 3. The van der Waals surface area contributed by atoms with Gasteiger partial charge in [-0.3, -0.25) is 4.79 Å². The van der Waals surface area contributed by atoms with E-state index in [0.29, 0.717) is 53.5 Å². The summed E-state index contributed by atoms with van der Waals surface area (Å²) in [6, 6.07) is 0. The summed E-state index contributed by atoms with van der Waals surface area (Å²) in [4.78, 5) is 13.7. The molecule has 2 aliphatic heterocycles. The lowest BCUT2D eigenvalue weighted by atomic mass is 9.44. The van der Waals surface area contributed by atoms with Gasteiger partial charge in [0.2, 0.25) is 0 Å². The van der Waals surface area contributed by atoms with E-state index in [4.69, 9.17) is 14.2 Å². The van der Waals surface area contributed by atoms with Crippen molar-refractivity contribution in [1.82, 2.24) is 0 Å². The normalized spacial score (nSPS) is 55.0. The molecule has 5 heteroatoms. The third-order valence-corrected chi connectivity index (χ3v) is 12.1. The van der Waals surface area contributed by atoms with Gasteiger partial charge < -0.3 is 19.3 Å². The summed E-state index contributed by atoms with van der Waals surface area (Å²) in [5.74, 6) is 3.28. The van der Waals surface area contributed by atoms with Crippen molar-refractivity contribution >= 4 is 5.78 Å². The molecule has 0 aromatic carbocycles. The van der Waals surface area contributed by atoms with Crippen molar-refractivity contribution in [2.75, 3.05) is 6.61 Å². The summed E-state index contributed by atoms with van der Waals surface area (Å²) >= 11 is 0. The van der Waals surface area contributed by atoms with E-state index in [1.54, 1.807) is 0 Å². The lowest BCUT2D eigenvalue weighted by Crippen LogP contribution is -2.59. The summed E-state index contributed by atoms with van der Waals surface area (Å²) in [6.07, 6.45) is 9.16. The van der Waals surface area contributed by atoms with E-state index in [1.807, 2.05) is 13.8 Å². The first kappa shape index (κ1) is 24.8. The number of hydrogen-bond donors (Lipinski definition) is 1. The average Bonchev–Trinajstić information content (AvgIpc) is 3.37. The van der Waals surface area contributed by atoms with Crippen LogP contribution in [0.1, 0.15) is 92.9 Å². The Hall–Kier alpha value is -0.490. The van der Waals surface area contributed by atoms with Crippen molar-refractivity contribution in [3.8, 4) is 0 Å². The molecular weight excluding hydrogens is 440 g/mol. The van der Waals surface area contributed by atoms with Gasteiger partial charge >= 0.3 is 0 Å². The van der Waals surface area contributed by atoms with Gasteiger partial charge in [-0.05, 0) is 105 Å². The summed E-state index contributed by atoms with van der Waals surface area (Å²) in [5, 5.41) is 9.46. The molecule has 0 amide bonds. The maximum Gasteiger partial charge on any atom is 0.163 e. The van der Waals surface area contributed by atoms with E-state index in [9.17, 15) is 9.90 Å². The molecule has 13 atom stereocenters. The van der Waals surface area contributed by atoms with Crippen LogP contribution in [-0.4, -0.2) is 47.7 Å².